The molecule has 0 aliphatic heterocycles. The van der Waals surface area contributed by atoms with Crippen LogP contribution in [0.4, 0.5) is 0 Å². The minimum absolute atomic E-state index is 0.251. The van der Waals surface area contributed by atoms with Gasteiger partial charge in [0.25, 0.3) is 0 Å². The van der Waals surface area contributed by atoms with E-state index in [9.17, 15) is 9.59 Å². The molecule has 2 aromatic carbocycles. The largest absolute Gasteiger partial charge is 0.489 e. The summed E-state index contributed by atoms with van der Waals surface area (Å²) in [7, 11) is 0. The van der Waals surface area contributed by atoms with E-state index in [1.54, 1.807) is 31.2 Å². The van der Waals surface area contributed by atoms with E-state index in [4.69, 9.17) is 14.0 Å². The van der Waals surface area contributed by atoms with Gasteiger partial charge in [-0.3, -0.25) is 4.79 Å². The highest BCUT2D eigenvalue weighted by atomic mass is 16.5. The van der Waals surface area contributed by atoms with E-state index in [0.717, 1.165) is 27.9 Å². The summed E-state index contributed by atoms with van der Waals surface area (Å²) in [6.07, 6.45) is -0.938. The molecule has 1 unspecified atom stereocenters. The number of carbonyl (C=O) groups excluding carboxylic acids is 2. The number of aryl methyl sites for hydroxylation is 3. The van der Waals surface area contributed by atoms with Crippen LogP contribution in [-0.4, -0.2) is 28.0 Å². The summed E-state index contributed by atoms with van der Waals surface area (Å²) < 4.78 is 16.4. The normalized spacial score (nSPS) is 12.0. The van der Waals surface area contributed by atoms with Crippen molar-refractivity contribution in [1.82, 2.24) is 10.1 Å². The molecule has 0 radical (unpaired) electrons. The monoisotopic (exact) mass is 432 g/mol. The lowest BCUT2D eigenvalue weighted by molar-refractivity contribution is 0.0318. The number of hydrogen-bond donors (Lipinski definition) is 1. The number of hydrogen-bond acceptors (Lipinski definition) is 6. The first kappa shape index (κ1) is 21.4. The summed E-state index contributed by atoms with van der Waals surface area (Å²) in [6, 6.07) is 14.2. The number of nitrogens with one attached hydrogen (secondary N) is 1. The van der Waals surface area contributed by atoms with E-state index in [-0.39, 0.29) is 12.4 Å². The molecular formula is C25H24N2O5. The molecule has 0 saturated carbocycles. The summed E-state index contributed by atoms with van der Waals surface area (Å²) in [4.78, 5) is 28.9. The van der Waals surface area contributed by atoms with Gasteiger partial charge in [0.15, 0.2) is 6.10 Å². The maximum absolute atomic E-state index is 13.0. The van der Waals surface area contributed by atoms with E-state index in [1.807, 2.05) is 45.0 Å². The second-order valence-electron chi connectivity index (χ2n) is 7.70. The Balaban J connectivity index is 1.46. The second kappa shape index (κ2) is 8.70. The van der Waals surface area contributed by atoms with Gasteiger partial charge >= 0.3 is 5.97 Å². The first-order chi connectivity index (χ1) is 15.3. The molecule has 2 heterocycles. The van der Waals surface area contributed by atoms with Crippen molar-refractivity contribution in [2.24, 2.45) is 0 Å². The van der Waals surface area contributed by atoms with E-state index in [2.05, 4.69) is 10.1 Å². The topological polar surface area (TPSA) is 94.4 Å². The van der Waals surface area contributed by atoms with Gasteiger partial charge in [0.1, 0.15) is 18.1 Å². The minimum atomic E-state index is -0.938. The molecular weight excluding hydrogens is 408 g/mol. The fraction of sp³-hybridized carbons (Fsp3) is 0.240. The smallest absolute Gasteiger partial charge is 0.338 e. The quantitative estimate of drug-likeness (QED) is 0.323. The zero-order chi connectivity index (χ0) is 22.8. The maximum Gasteiger partial charge on any atom is 0.338 e. The Morgan fingerprint density at radius 2 is 1.88 bits per heavy atom. The van der Waals surface area contributed by atoms with Crippen LogP contribution >= 0.6 is 0 Å². The van der Waals surface area contributed by atoms with Crippen LogP contribution in [0, 0.1) is 20.8 Å². The molecule has 1 atom stereocenters. The Bertz CT molecular complexity index is 1280. The van der Waals surface area contributed by atoms with Crippen LogP contribution in [0.15, 0.2) is 53.1 Å². The van der Waals surface area contributed by atoms with Crippen LogP contribution in [0.5, 0.6) is 5.75 Å². The van der Waals surface area contributed by atoms with Gasteiger partial charge in [-0.2, -0.15) is 0 Å². The van der Waals surface area contributed by atoms with Crippen molar-refractivity contribution >= 4 is 22.7 Å². The van der Waals surface area contributed by atoms with Gasteiger partial charge in [0, 0.05) is 22.2 Å². The lowest BCUT2D eigenvalue weighted by Gasteiger charge is -2.13. The van der Waals surface area contributed by atoms with E-state index in [0.29, 0.717) is 22.6 Å². The molecule has 2 aromatic heterocycles. The highest BCUT2D eigenvalue weighted by Gasteiger charge is 2.25. The molecule has 0 aliphatic rings. The Morgan fingerprint density at radius 1 is 1.09 bits per heavy atom. The standard InChI is InChI=1S/C25H24N2O5/c1-14-21(16(3)32-27-14)13-30-19-9-7-8-18(12-19)25(29)31-17(4)24(28)23-15(2)26-22-11-6-5-10-20(22)23/h5-12,17,26H,13H2,1-4H3. The summed E-state index contributed by atoms with van der Waals surface area (Å²) in [5.41, 5.74) is 4.09. The van der Waals surface area contributed by atoms with Crippen LogP contribution in [0.1, 0.15) is 50.4 Å². The number of H-pyrrole nitrogens is 1. The second-order valence-corrected chi connectivity index (χ2v) is 7.70. The van der Waals surface area contributed by atoms with Gasteiger partial charge in [-0.1, -0.05) is 29.4 Å². The number of ketones is 1. The summed E-state index contributed by atoms with van der Waals surface area (Å²) >= 11 is 0. The number of aromatic amines is 1. The van der Waals surface area contributed by atoms with Gasteiger partial charge in [0.05, 0.1) is 16.8 Å². The van der Waals surface area contributed by atoms with Crippen molar-refractivity contribution < 1.29 is 23.6 Å². The van der Waals surface area contributed by atoms with Gasteiger partial charge in [-0.05, 0) is 52.0 Å². The average Bonchev–Trinajstić information content (AvgIpc) is 3.29. The van der Waals surface area contributed by atoms with Gasteiger partial charge < -0.3 is 19.0 Å². The van der Waals surface area contributed by atoms with Crippen molar-refractivity contribution in [2.75, 3.05) is 0 Å². The number of ether oxygens (including phenoxy) is 2. The highest BCUT2D eigenvalue weighted by molar-refractivity contribution is 6.11. The number of esters is 1. The molecule has 0 bridgehead atoms. The molecule has 0 aliphatic carbocycles. The van der Waals surface area contributed by atoms with Crippen molar-refractivity contribution in [3.8, 4) is 5.75 Å². The van der Waals surface area contributed by atoms with Crippen LogP contribution in [0.3, 0.4) is 0 Å². The predicted octanol–water partition coefficient (Wildman–Crippen LogP) is 5.09. The molecule has 0 amide bonds. The fourth-order valence-electron chi connectivity index (χ4n) is 3.66. The molecule has 0 fully saturated rings. The highest BCUT2D eigenvalue weighted by Crippen LogP contribution is 2.24. The first-order valence-electron chi connectivity index (χ1n) is 10.3. The Labute approximate surface area is 185 Å². The Kier molecular flexibility index (Phi) is 5.81. The Hall–Kier alpha value is -3.87. The number of nitrogens with zero attached hydrogens (tertiary/aromatic N) is 1. The van der Waals surface area contributed by atoms with Crippen LogP contribution in [-0.2, 0) is 11.3 Å². The van der Waals surface area contributed by atoms with Crippen molar-refractivity contribution in [3.05, 3.63) is 82.4 Å². The fourth-order valence-corrected chi connectivity index (χ4v) is 3.66. The van der Waals surface area contributed by atoms with Crippen molar-refractivity contribution in [2.45, 2.75) is 40.4 Å². The lowest BCUT2D eigenvalue weighted by Crippen LogP contribution is -2.25. The van der Waals surface area contributed by atoms with Crippen molar-refractivity contribution in [3.63, 3.8) is 0 Å². The van der Waals surface area contributed by atoms with Crippen LogP contribution in [0.25, 0.3) is 10.9 Å². The number of carbonyl (C=O) groups is 2. The number of benzene rings is 2. The van der Waals surface area contributed by atoms with E-state index < -0.39 is 12.1 Å². The number of Topliss-reactive ketones (excluding diaryl/α,β-unsaturated/α-hetero) is 1. The zero-order valence-corrected chi connectivity index (χ0v) is 18.4. The van der Waals surface area contributed by atoms with Gasteiger partial charge in [-0.15, -0.1) is 0 Å². The number of rotatable bonds is 7. The molecule has 1 N–H and O–H groups in total. The third-order valence-electron chi connectivity index (χ3n) is 5.43. The third-order valence-corrected chi connectivity index (χ3v) is 5.43. The van der Waals surface area contributed by atoms with Crippen LogP contribution < -0.4 is 4.74 Å². The first-order valence-corrected chi connectivity index (χ1v) is 10.3. The average molecular weight is 432 g/mol. The van der Waals surface area contributed by atoms with Gasteiger partial charge in [-0.25, -0.2) is 4.79 Å². The number of aromatic nitrogens is 2. The van der Waals surface area contributed by atoms with E-state index >= 15 is 0 Å². The maximum atomic E-state index is 13.0. The molecule has 32 heavy (non-hydrogen) atoms. The molecule has 7 nitrogen and oxygen atoms in total. The Morgan fingerprint density at radius 3 is 2.62 bits per heavy atom. The lowest BCUT2D eigenvalue weighted by atomic mass is 10.0. The summed E-state index contributed by atoms with van der Waals surface area (Å²) in [5, 5.41) is 4.72. The van der Waals surface area contributed by atoms with E-state index in [1.165, 1.54) is 0 Å². The molecule has 7 heteroatoms. The molecule has 0 spiro atoms. The molecule has 4 rings (SSSR count). The number of fused-ring (bicyclic) bond motifs is 1. The van der Waals surface area contributed by atoms with Crippen LogP contribution in [0.2, 0.25) is 0 Å². The molecule has 164 valence electrons. The zero-order valence-electron chi connectivity index (χ0n) is 18.4. The van der Waals surface area contributed by atoms with Crippen molar-refractivity contribution in [1.29, 1.82) is 0 Å². The summed E-state index contributed by atoms with van der Waals surface area (Å²) in [5.74, 6) is 0.356. The minimum Gasteiger partial charge on any atom is -0.489 e. The third kappa shape index (κ3) is 4.14. The molecule has 0 saturated heterocycles. The number of para-hydroxylation sites is 1. The molecule has 4 aromatic rings. The SMILES string of the molecule is Cc1noc(C)c1COc1cccc(C(=O)OC(C)C(=O)c2c(C)[nH]c3ccccc23)c1. The summed E-state index contributed by atoms with van der Waals surface area (Å²) in [6.45, 7) is 7.35. The predicted molar refractivity (Wildman–Crippen MR) is 119 cm³/mol. The van der Waals surface area contributed by atoms with Gasteiger partial charge in [0.2, 0.25) is 5.78 Å².